The number of hydrogen-bond donors (Lipinski definition) is 1. The molecule has 1 N–H and O–H groups in total. The number of carbonyl (C=O) groups is 1. The van der Waals surface area contributed by atoms with Crippen molar-refractivity contribution in [2.45, 2.75) is 25.1 Å². The summed E-state index contributed by atoms with van der Waals surface area (Å²) in [7, 11) is 0. The van der Waals surface area contributed by atoms with Crippen molar-refractivity contribution >= 4 is 5.97 Å². The van der Waals surface area contributed by atoms with Gasteiger partial charge in [-0.3, -0.25) is 0 Å². The summed E-state index contributed by atoms with van der Waals surface area (Å²) in [5.41, 5.74) is -3.72. The first-order valence-electron chi connectivity index (χ1n) is 2.76. The normalized spacial score (nSPS) is 17.5. The highest BCUT2D eigenvalue weighted by atomic mass is 19.4. The smallest absolute Gasteiger partial charge is 0.422 e. The fraction of sp³-hybridized carbons (Fsp3) is 0.800. The molecule has 3 nitrogen and oxygen atoms in total. The first kappa shape index (κ1) is 10.2. The number of aliphatic hydroxyl groups is 1. The standard InChI is InChI=1S/C5H7F3O3/c1-2-4(11,3(9)10)5(6,7)8/h11H,2H2,1H3,(H,9,10)/p-1. The van der Waals surface area contributed by atoms with Crippen LogP contribution in [0.3, 0.4) is 0 Å². The van der Waals surface area contributed by atoms with Gasteiger partial charge in [-0.15, -0.1) is 0 Å². The zero-order valence-electron chi connectivity index (χ0n) is 5.60. The van der Waals surface area contributed by atoms with E-state index in [1.54, 1.807) is 0 Å². The lowest BCUT2D eigenvalue weighted by molar-refractivity contribution is -0.354. The molecular formula is C5H6F3O3-. The van der Waals surface area contributed by atoms with Crippen molar-refractivity contribution in [3.63, 3.8) is 0 Å². The molecule has 0 fully saturated rings. The Morgan fingerprint density at radius 2 is 1.91 bits per heavy atom. The number of carbonyl (C=O) groups excluding carboxylic acids is 1. The van der Waals surface area contributed by atoms with Gasteiger partial charge in [-0.2, -0.15) is 13.2 Å². The summed E-state index contributed by atoms with van der Waals surface area (Å²) >= 11 is 0. The van der Waals surface area contributed by atoms with Crippen LogP contribution in [0.5, 0.6) is 0 Å². The molecule has 0 aliphatic heterocycles. The van der Waals surface area contributed by atoms with E-state index >= 15 is 0 Å². The Bertz CT molecular complexity index is 165. The van der Waals surface area contributed by atoms with Crippen LogP contribution in [0.25, 0.3) is 0 Å². The summed E-state index contributed by atoms with van der Waals surface area (Å²) < 4.78 is 35.1. The molecule has 0 bridgehead atoms. The summed E-state index contributed by atoms with van der Waals surface area (Å²) in [5, 5.41) is 18.3. The van der Waals surface area contributed by atoms with Gasteiger partial charge in [-0.05, 0) is 6.42 Å². The molecule has 0 saturated carbocycles. The fourth-order valence-electron chi connectivity index (χ4n) is 0.461. The van der Waals surface area contributed by atoms with Gasteiger partial charge in [0.1, 0.15) is 0 Å². The Morgan fingerprint density at radius 1 is 1.55 bits per heavy atom. The van der Waals surface area contributed by atoms with Crippen molar-refractivity contribution in [2.24, 2.45) is 0 Å². The highest BCUT2D eigenvalue weighted by molar-refractivity contribution is 5.76. The summed E-state index contributed by atoms with van der Waals surface area (Å²) in [6.07, 6.45) is -6.14. The molecule has 66 valence electrons. The summed E-state index contributed by atoms with van der Waals surface area (Å²) in [6, 6.07) is 0. The van der Waals surface area contributed by atoms with E-state index in [0.717, 1.165) is 6.92 Å². The predicted octanol–water partition coefficient (Wildman–Crippen LogP) is -0.560. The van der Waals surface area contributed by atoms with Gasteiger partial charge in [-0.1, -0.05) is 6.92 Å². The quantitative estimate of drug-likeness (QED) is 0.605. The van der Waals surface area contributed by atoms with Crippen molar-refractivity contribution in [2.75, 3.05) is 0 Å². The van der Waals surface area contributed by atoms with Crippen molar-refractivity contribution < 1.29 is 28.2 Å². The van der Waals surface area contributed by atoms with Crippen LogP contribution >= 0.6 is 0 Å². The maximum atomic E-state index is 11.7. The van der Waals surface area contributed by atoms with Gasteiger partial charge in [0, 0.05) is 0 Å². The molecule has 0 aliphatic carbocycles. The number of hydrogen-bond acceptors (Lipinski definition) is 3. The summed E-state index contributed by atoms with van der Waals surface area (Å²) in [4.78, 5) is 9.82. The van der Waals surface area contributed by atoms with Gasteiger partial charge in [-0.25, -0.2) is 0 Å². The van der Waals surface area contributed by atoms with Gasteiger partial charge in [0.2, 0.25) is 0 Å². The van der Waals surface area contributed by atoms with Gasteiger partial charge >= 0.3 is 6.18 Å². The van der Waals surface area contributed by atoms with Gasteiger partial charge in [0.05, 0.1) is 5.97 Å². The SMILES string of the molecule is CCC(O)(C(=O)[O-])C(F)(F)F. The van der Waals surface area contributed by atoms with Gasteiger partial charge < -0.3 is 15.0 Å². The number of aliphatic carboxylic acids is 1. The maximum Gasteiger partial charge on any atom is 0.422 e. The van der Waals surface area contributed by atoms with Gasteiger partial charge in [0.15, 0.2) is 5.60 Å². The molecule has 1 atom stereocenters. The Balaban J connectivity index is 4.75. The first-order valence-corrected chi connectivity index (χ1v) is 2.76. The first-order chi connectivity index (χ1) is 4.75. The molecule has 0 aromatic heterocycles. The number of carboxylic acids is 1. The number of alkyl halides is 3. The van der Waals surface area contributed by atoms with Crippen LogP contribution in [-0.4, -0.2) is 22.9 Å². The van der Waals surface area contributed by atoms with Crippen molar-refractivity contribution in [1.29, 1.82) is 0 Å². The third-order valence-electron chi connectivity index (χ3n) is 1.32. The molecule has 1 unspecified atom stereocenters. The number of carboxylic acid groups (broad SMARTS) is 1. The lowest BCUT2D eigenvalue weighted by Crippen LogP contribution is -2.57. The second-order valence-corrected chi connectivity index (χ2v) is 2.00. The van der Waals surface area contributed by atoms with Crippen molar-refractivity contribution in [1.82, 2.24) is 0 Å². The van der Waals surface area contributed by atoms with E-state index < -0.39 is 24.2 Å². The molecule has 11 heavy (non-hydrogen) atoms. The average molecular weight is 171 g/mol. The fourth-order valence-corrected chi connectivity index (χ4v) is 0.461. The van der Waals surface area contributed by atoms with E-state index in [-0.39, 0.29) is 0 Å². The zero-order chi connectivity index (χ0) is 9.28. The largest absolute Gasteiger partial charge is 0.547 e. The summed E-state index contributed by atoms with van der Waals surface area (Å²) in [6.45, 7) is 0.906. The van der Waals surface area contributed by atoms with Crippen molar-refractivity contribution in [3.8, 4) is 0 Å². The van der Waals surface area contributed by atoms with E-state index in [9.17, 15) is 23.1 Å². The lowest BCUT2D eigenvalue weighted by Gasteiger charge is -2.29. The zero-order valence-corrected chi connectivity index (χ0v) is 5.60. The average Bonchev–Trinajstić information content (AvgIpc) is 1.83. The topological polar surface area (TPSA) is 60.4 Å². The van der Waals surface area contributed by atoms with Crippen LogP contribution in [0.2, 0.25) is 0 Å². The third kappa shape index (κ3) is 1.62. The molecule has 0 spiro atoms. The number of rotatable bonds is 2. The lowest BCUT2D eigenvalue weighted by atomic mass is 10.0. The monoisotopic (exact) mass is 171 g/mol. The Morgan fingerprint density at radius 3 is 1.91 bits per heavy atom. The molecule has 0 radical (unpaired) electrons. The van der Waals surface area contributed by atoms with Crippen LogP contribution in [0.15, 0.2) is 0 Å². The Labute approximate surface area is 60.4 Å². The minimum atomic E-state index is -5.18. The highest BCUT2D eigenvalue weighted by Gasteiger charge is 2.53. The Hall–Kier alpha value is -0.780. The second kappa shape index (κ2) is 2.69. The van der Waals surface area contributed by atoms with E-state index in [0.29, 0.717) is 0 Å². The van der Waals surface area contributed by atoms with Gasteiger partial charge in [0.25, 0.3) is 0 Å². The van der Waals surface area contributed by atoms with Crippen LogP contribution in [-0.2, 0) is 4.79 Å². The number of halogens is 3. The van der Waals surface area contributed by atoms with E-state index in [1.165, 1.54) is 0 Å². The van der Waals surface area contributed by atoms with Crippen molar-refractivity contribution in [3.05, 3.63) is 0 Å². The van der Waals surface area contributed by atoms with Crippen LogP contribution in [0, 0.1) is 0 Å². The van der Waals surface area contributed by atoms with Crippen LogP contribution in [0.4, 0.5) is 13.2 Å². The van der Waals surface area contributed by atoms with Crippen LogP contribution in [0.1, 0.15) is 13.3 Å². The Kier molecular flexibility index (Phi) is 2.50. The highest BCUT2D eigenvalue weighted by Crippen LogP contribution is 2.32. The minimum absolute atomic E-state index is 0.906. The molecule has 0 heterocycles. The minimum Gasteiger partial charge on any atom is -0.547 e. The van der Waals surface area contributed by atoms with E-state index in [2.05, 4.69) is 0 Å². The molecule has 0 rings (SSSR count). The molecule has 6 heteroatoms. The summed E-state index contributed by atoms with van der Waals surface area (Å²) in [5.74, 6) is -2.52. The molecule has 0 aromatic carbocycles. The third-order valence-corrected chi connectivity index (χ3v) is 1.32. The second-order valence-electron chi connectivity index (χ2n) is 2.00. The molecule has 0 aromatic rings. The predicted molar refractivity (Wildman–Crippen MR) is 26.3 cm³/mol. The molecule has 0 saturated heterocycles. The molecular weight excluding hydrogens is 165 g/mol. The molecule has 0 amide bonds. The van der Waals surface area contributed by atoms with E-state index in [1.807, 2.05) is 0 Å². The van der Waals surface area contributed by atoms with Crippen LogP contribution < -0.4 is 5.11 Å². The maximum absolute atomic E-state index is 11.7. The molecule has 0 aliphatic rings. The van der Waals surface area contributed by atoms with E-state index in [4.69, 9.17) is 5.11 Å².